The third kappa shape index (κ3) is 3.57. The summed E-state index contributed by atoms with van der Waals surface area (Å²) in [5, 5.41) is 8.01. The predicted molar refractivity (Wildman–Crippen MR) is 88.4 cm³/mol. The first-order valence-corrected chi connectivity index (χ1v) is 7.55. The molecule has 0 fully saturated rings. The number of rotatable bonds is 4. The van der Waals surface area contributed by atoms with Gasteiger partial charge in [-0.25, -0.2) is 4.98 Å². The lowest BCUT2D eigenvalue weighted by Crippen LogP contribution is -2.41. The van der Waals surface area contributed by atoms with Gasteiger partial charge in [0.1, 0.15) is 11.9 Å². The molecule has 122 valence electrons. The molecule has 7 nitrogen and oxygen atoms in total. The van der Waals surface area contributed by atoms with Gasteiger partial charge in [-0.05, 0) is 30.7 Å². The van der Waals surface area contributed by atoms with Crippen molar-refractivity contribution in [2.24, 2.45) is 0 Å². The molecule has 0 spiro atoms. The number of benzene rings is 1. The number of amides is 3. The van der Waals surface area contributed by atoms with Crippen molar-refractivity contribution in [3.63, 3.8) is 0 Å². The number of anilines is 2. The van der Waals surface area contributed by atoms with E-state index in [4.69, 9.17) is 0 Å². The summed E-state index contributed by atoms with van der Waals surface area (Å²) in [6.45, 7) is 0. The fraction of sp³-hybridized carbons (Fsp3) is 0.176. The Morgan fingerprint density at radius 2 is 1.92 bits per heavy atom. The highest BCUT2D eigenvalue weighted by molar-refractivity contribution is 6.09. The lowest BCUT2D eigenvalue weighted by molar-refractivity contribution is -0.118. The van der Waals surface area contributed by atoms with E-state index >= 15 is 0 Å². The first-order valence-electron chi connectivity index (χ1n) is 7.55. The van der Waals surface area contributed by atoms with Crippen LogP contribution in [-0.2, 0) is 9.59 Å². The Kier molecular flexibility index (Phi) is 4.51. The molecule has 2 aromatic rings. The molecule has 3 rings (SSSR count). The van der Waals surface area contributed by atoms with Crippen LogP contribution in [0.25, 0.3) is 0 Å². The van der Waals surface area contributed by atoms with Crippen molar-refractivity contribution >= 4 is 29.2 Å². The van der Waals surface area contributed by atoms with Gasteiger partial charge in [0.05, 0.1) is 11.3 Å². The number of hydrogen-bond acceptors (Lipinski definition) is 4. The molecule has 3 N–H and O–H groups in total. The van der Waals surface area contributed by atoms with Crippen molar-refractivity contribution in [1.82, 2.24) is 10.3 Å². The van der Waals surface area contributed by atoms with E-state index in [9.17, 15) is 14.4 Å². The molecule has 3 amide bonds. The first-order chi connectivity index (χ1) is 11.6. The fourth-order valence-corrected chi connectivity index (χ4v) is 2.43. The van der Waals surface area contributed by atoms with E-state index in [0.29, 0.717) is 17.1 Å². The van der Waals surface area contributed by atoms with E-state index in [1.807, 2.05) is 0 Å². The monoisotopic (exact) mass is 324 g/mol. The molecular formula is C17H16N4O3. The van der Waals surface area contributed by atoms with Crippen LogP contribution in [0.1, 0.15) is 23.2 Å². The van der Waals surface area contributed by atoms with Crippen molar-refractivity contribution < 1.29 is 14.4 Å². The van der Waals surface area contributed by atoms with Crippen LogP contribution in [0.3, 0.4) is 0 Å². The zero-order chi connectivity index (χ0) is 16.9. The molecule has 1 aromatic heterocycles. The van der Waals surface area contributed by atoms with Gasteiger partial charge in [0, 0.05) is 12.6 Å². The smallest absolute Gasteiger partial charge is 0.254 e. The van der Waals surface area contributed by atoms with Crippen molar-refractivity contribution in [2.75, 3.05) is 10.6 Å². The predicted octanol–water partition coefficient (Wildman–Crippen LogP) is 1.55. The van der Waals surface area contributed by atoms with Crippen LogP contribution in [0, 0.1) is 0 Å². The highest BCUT2D eigenvalue weighted by Crippen LogP contribution is 2.19. The van der Waals surface area contributed by atoms with Crippen LogP contribution in [0.15, 0.2) is 48.7 Å². The summed E-state index contributed by atoms with van der Waals surface area (Å²) in [6.07, 6.45) is 1.86. The number of nitrogens with one attached hydrogen (secondary N) is 3. The Bertz CT molecular complexity index is 776. The maximum absolute atomic E-state index is 12.2. The highest BCUT2D eigenvalue weighted by Gasteiger charge is 2.27. The van der Waals surface area contributed by atoms with E-state index < -0.39 is 6.04 Å². The van der Waals surface area contributed by atoms with Gasteiger partial charge in [-0.1, -0.05) is 18.2 Å². The van der Waals surface area contributed by atoms with E-state index in [1.54, 1.807) is 48.7 Å². The molecule has 1 aliphatic heterocycles. The third-order valence-electron chi connectivity index (χ3n) is 3.64. The molecule has 0 saturated heterocycles. The SMILES string of the molecule is O=C(CC[C@@H]1NC(=O)c2ccccc2NC1=O)Nc1ccccn1. The summed E-state index contributed by atoms with van der Waals surface area (Å²) in [5.41, 5.74) is 0.881. The first kappa shape index (κ1) is 15.7. The van der Waals surface area contributed by atoms with Gasteiger partial charge in [0.15, 0.2) is 0 Å². The van der Waals surface area contributed by atoms with Crippen LogP contribution in [0.2, 0.25) is 0 Å². The van der Waals surface area contributed by atoms with Gasteiger partial charge >= 0.3 is 0 Å². The number of fused-ring (bicyclic) bond motifs is 1. The Hall–Kier alpha value is -3.22. The summed E-state index contributed by atoms with van der Waals surface area (Å²) in [4.78, 5) is 40.4. The lowest BCUT2D eigenvalue weighted by atomic mass is 10.1. The number of pyridine rings is 1. The normalized spacial score (nSPS) is 16.4. The second-order valence-electron chi connectivity index (χ2n) is 5.36. The van der Waals surface area contributed by atoms with Crippen LogP contribution in [-0.4, -0.2) is 28.7 Å². The largest absolute Gasteiger partial charge is 0.340 e. The third-order valence-corrected chi connectivity index (χ3v) is 3.64. The van der Waals surface area contributed by atoms with Gasteiger partial charge in [0.25, 0.3) is 5.91 Å². The summed E-state index contributed by atoms with van der Waals surface area (Å²) in [6, 6.07) is 11.2. The molecule has 0 radical (unpaired) electrons. The number of carbonyl (C=O) groups excluding carboxylic acids is 3. The van der Waals surface area contributed by atoms with Gasteiger partial charge in [-0.2, -0.15) is 0 Å². The van der Waals surface area contributed by atoms with Crippen LogP contribution < -0.4 is 16.0 Å². The minimum absolute atomic E-state index is 0.0886. The number of hydrogen-bond donors (Lipinski definition) is 3. The van der Waals surface area contributed by atoms with Crippen LogP contribution in [0.4, 0.5) is 11.5 Å². The Labute approximate surface area is 138 Å². The number of para-hydroxylation sites is 1. The van der Waals surface area contributed by atoms with Crippen LogP contribution in [0.5, 0.6) is 0 Å². The average Bonchev–Trinajstić information content (AvgIpc) is 2.71. The standard InChI is InChI=1S/C17H16N4O3/c22-15(21-14-7-3-4-10-18-14)9-8-13-17(24)19-12-6-2-1-5-11(12)16(23)20-13/h1-7,10,13H,8-9H2,(H,19,24)(H,20,23)(H,18,21,22)/t13-/m0/s1. The Balaban J connectivity index is 1.61. The molecule has 24 heavy (non-hydrogen) atoms. The second kappa shape index (κ2) is 6.91. The van der Waals surface area contributed by atoms with E-state index in [-0.39, 0.29) is 30.6 Å². The molecule has 2 heterocycles. The minimum Gasteiger partial charge on any atom is -0.340 e. The Morgan fingerprint density at radius 3 is 2.71 bits per heavy atom. The van der Waals surface area contributed by atoms with Crippen molar-refractivity contribution in [3.8, 4) is 0 Å². The summed E-state index contributed by atoms with van der Waals surface area (Å²) >= 11 is 0. The summed E-state index contributed by atoms with van der Waals surface area (Å²) < 4.78 is 0. The minimum atomic E-state index is -0.764. The zero-order valence-corrected chi connectivity index (χ0v) is 12.8. The quantitative estimate of drug-likeness (QED) is 0.794. The van der Waals surface area contributed by atoms with Crippen molar-refractivity contribution in [2.45, 2.75) is 18.9 Å². The number of aromatic nitrogens is 1. The Morgan fingerprint density at radius 1 is 1.12 bits per heavy atom. The highest BCUT2D eigenvalue weighted by atomic mass is 16.2. The van der Waals surface area contributed by atoms with Crippen LogP contribution >= 0.6 is 0 Å². The van der Waals surface area contributed by atoms with E-state index in [0.717, 1.165) is 0 Å². The average molecular weight is 324 g/mol. The summed E-state index contributed by atoms with van der Waals surface area (Å²) in [7, 11) is 0. The van der Waals surface area contributed by atoms with E-state index in [1.165, 1.54) is 0 Å². The van der Waals surface area contributed by atoms with Crippen molar-refractivity contribution in [3.05, 3.63) is 54.2 Å². The molecule has 0 saturated carbocycles. The van der Waals surface area contributed by atoms with E-state index in [2.05, 4.69) is 20.9 Å². The molecule has 1 atom stereocenters. The maximum Gasteiger partial charge on any atom is 0.254 e. The van der Waals surface area contributed by atoms with Crippen molar-refractivity contribution in [1.29, 1.82) is 0 Å². The molecule has 0 bridgehead atoms. The molecule has 1 aromatic carbocycles. The fourth-order valence-electron chi connectivity index (χ4n) is 2.43. The molecular weight excluding hydrogens is 308 g/mol. The topological polar surface area (TPSA) is 100 Å². The molecule has 0 aliphatic carbocycles. The number of nitrogens with zero attached hydrogens (tertiary/aromatic N) is 1. The van der Waals surface area contributed by atoms with Gasteiger partial charge in [0.2, 0.25) is 11.8 Å². The lowest BCUT2D eigenvalue weighted by Gasteiger charge is -2.14. The molecule has 0 unspecified atom stereocenters. The van der Waals surface area contributed by atoms with Gasteiger partial charge < -0.3 is 16.0 Å². The second-order valence-corrected chi connectivity index (χ2v) is 5.36. The van der Waals surface area contributed by atoms with Gasteiger partial charge in [-0.3, -0.25) is 14.4 Å². The summed E-state index contributed by atoms with van der Waals surface area (Å²) in [5.74, 6) is -0.486. The zero-order valence-electron chi connectivity index (χ0n) is 12.8. The molecule has 1 aliphatic rings. The van der Waals surface area contributed by atoms with Gasteiger partial charge in [-0.15, -0.1) is 0 Å². The maximum atomic E-state index is 12.2. The number of carbonyl (C=O) groups is 3. The molecule has 7 heteroatoms.